The first-order valence-corrected chi connectivity index (χ1v) is 6.63. The van der Waals surface area contributed by atoms with Crippen molar-refractivity contribution in [3.8, 4) is 0 Å². The maximum Gasteiger partial charge on any atom is 0.258 e. The van der Waals surface area contributed by atoms with E-state index in [4.69, 9.17) is 17.3 Å². The molecular formula is C13H11BrClN3O. The lowest BCUT2D eigenvalue weighted by Crippen LogP contribution is -2.15. The van der Waals surface area contributed by atoms with Crippen LogP contribution in [0.25, 0.3) is 0 Å². The molecule has 0 aliphatic rings. The molecule has 1 aromatic heterocycles. The van der Waals surface area contributed by atoms with Crippen LogP contribution in [0.4, 0.5) is 11.5 Å². The predicted molar refractivity (Wildman–Crippen MR) is 80.5 cm³/mol. The van der Waals surface area contributed by atoms with Crippen LogP contribution in [0.15, 0.2) is 34.9 Å². The van der Waals surface area contributed by atoms with Gasteiger partial charge in [0.2, 0.25) is 0 Å². The Morgan fingerprint density at radius 1 is 1.42 bits per heavy atom. The van der Waals surface area contributed by atoms with Crippen LogP contribution in [-0.2, 0) is 0 Å². The number of nitrogens with one attached hydrogen (secondary N) is 1. The first-order valence-electron chi connectivity index (χ1n) is 5.46. The van der Waals surface area contributed by atoms with E-state index >= 15 is 0 Å². The summed E-state index contributed by atoms with van der Waals surface area (Å²) in [6.07, 6.45) is 1.62. The Labute approximate surface area is 124 Å². The Hall–Kier alpha value is -1.59. The minimum absolute atomic E-state index is 0.313. The van der Waals surface area contributed by atoms with Crippen LogP contribution in [-0.4, -0.2) is 10.9 Å². The SMILES string of the molecule is Cc1cc(Br)cnc1NC(=O)c1ccc(Cl)cc1N. The van der Waals surface area contributed by atoms with Gasteiger partial charge in [-0.2, -0.15) is 0 Å². The second-order valence-corrected chi connectivity index (χ2v) is 5.36. The molecule has 0 fully saturated rings. The average molecular weight is 341 g/mol. The number of hydrogen-bond acceptors (Lipinski definition) is 3. The number of benzene rings is 1. The summed E-state index contributed by atoms with van der Waals surface area (Å²) in [5.74, 6) is 0.189. The van der Waals surface area contributed by atoms with Gasteiger partial charge in [-0.05, 0) is 52.7 Å². The molecule has 0 spiro atoms. The summed E-state index contributed by atoms with van der Waals surface area (Å²) in [5.41, 5.74) is 7.32. The molecule has 0 saturated carbocycles. The fourth-order valence-corrected chi connectivity index (χ4v) is 2.21. The van der Waals surface area contributed by atoms with Gasteiger partial charge >= 0.3 is 0 Å². The molecule has 3 N–H and O–H groups in total. The van der Waals surface area contributed by atoms with Crippen LogP contribution in [0, 0.1) is 6.92 Å². The second kappa shape index (κ2) is 5.59. The van der Waals surface area contributed by atoms with Crippen LogP contribution in [0.1, 0.15) is 15.9 Å². The number of nitrogen functional groups attached to an aromatic ring is 1. The van der Waals surface area contributed by atoms with Crippen molar-refractivity contribution < 1.29 is 4.79 Å². The van der Waals surface area contributed by atoms with Gasteiger partial charge in [0.1, 0.15) is 5.82 Å². The van der Waals surface area contributed by atoms with Gasteiger partial charge in [0, 0.05) is 21.4 Å². The Morgan fingerprint density at radius 3 is 2.79 bits per heavy atom. The molecule has 1 amide bonds. The molecule has 0 aliphatic carbocycles. The van der Waals surface area contributed by atoms with Crippen molar-refractivity contribution in [1.29, 1.82) is 0 Å². The molecule has 2 rings (SSSR count). The lowest BCUT2D eigenvalue weighted by molar-refractivity contribution is 0.102. The van der Waals surface area contributed by atoms with Crippen LogP contribution < -0.4 is 11.1 Å². The minimum atomic E-state index is -0.313. The Morgan fingerprint density at radius 2 is 2.16 bits per heavy atom. The summed E-state index contributed by atoms with van der Waals surface area (Å²) < 4.78 is 0.856. The highest BCUT2D eigenvalue weighted by Gasteiger charge is 2.12. The lowest BCUT2D eigenvalue weighted by Gasteiger charge is -2.09. The third-order valence-electron chi connectivity index (χ3n) is 2.54. The highest BCUT2D eigenvalue weighted by Crippen LogP contribution is 2.21. The molecule has 0 unspecified atom stereocenters. The van der Waals surface area contributed by atoms with E-state index in [1.165, 1.54) is 0 Å². The highest BCUT2D eigenvalue weighted by atomic mass is 79.9. The van der Waals surface area contributed by atoms with Gasteiger partial charge < -0.3 is 11.1 Å². The summed E-state index contributed by atoms with van der Waals surface area (Å²) in [4.78, 5) is 16.2. The quantitative estimate of drug-likeness (QED) is 0.820. The van der Waals surface area contributed by atoms with Crippen molar-refractivity contribution in [1.82, 2.24) is 4.98 Å². The number of halogens is 2. The molecule has 2 aromatic rings. The zero-order valence-electron chi connectivity index (χ0n) is 10.1. The molecule has 1 heterocycles. The number of nitrogens with zero attached hydrogens (tertiary/aromatic N) is 1. The van der Waals surface area contributed by atoms with Crippen LogP contribution in [0.2, 0.25) is 5.02 Å². The van der Waals surface area contributed by atoms with Crippen LogP contribution in [0.5, 0.6) is 0 Å². The topological polar surface area (TPSA) is 68.0 Å². The number of pyridine rings is 1. The molecule has 0 radical (unpaired) electrons. The Bertz CT molecular complexity index is 646. The number of amides is 1. The van der Waals surface area contributed by atoms with Gasteiger partial charge in [-0.25, -0.2) is 4.98 Å². The van der Waals surface area contributed by atoms with E-state index in [0.717, 1.165) is 10.0 Å². The average Bonchev–Trinajstić information content (AvgIpc) is 2.32. The predicted octanol–water partition coefficient (Wildman–Crippen LogP) is 3.64. The third kappa shape index (κ3) is 3.24. The van der Waals surface area contributed by atoms with E-state index in [9.17, 15) is 4.79 Å². The zero-order chi connectivity index (χ0) is 14.0. The molecule has 0 aliphatic heterocycles. The first kappa shape index (κ1) is 13.8. The molecule has 4 nitrogen and oxygen atoms in total. The van der Waals surface area contributed by atoms with E-state index in [0.29, 0.717) is 22.1 Å². The number of nitrogens with two attached hydrogens (primary N) is 1. The molecule has 0 bridgehead atoms. The fourth-order valence-electron chi connectivity index (χ4n) is 1.59. The summed E-state index contributed by atoms with van der Waals surface area (Å²) in [6.45, 7) is 1.86. The maximum absolute atomic E-state index is 12.1. The monoisotopic (exact) mass is 339 g/mol. The standard InChI is InChI=1S/C13H11BrClN3O/c1-7-4-8(14)6-17-12(7)18-13(19)10-3-2-9(15)5-11(10)16/h2-6H,16H2,1H3,(H,17,18,19). The molecule has 98 valence electrons. The first-order chi connectivity index (χ1) is 8.97. The van der Waals surface area contributed by atoms with Crippen molar-refractivity contribution in [3.05, 3.63) is 51.1 Å². The number of rotatable bonds is 2. The molecular weight excluding hydrogens is 330 g/mol. The van der Waals surface area contributed by atoms with Crippen molar-refractivity contribution >= 4 is 44.9 Å². The highest BCUT2D eigenvalue weighted by molar-refractivity contribution is 9.10. The van der Waals surface area contributed by atoms with Gasteiger partial charge in [0.25, 0.3) is 5.91 Å². The van der Waals surface area contributed by atoms with E-state index in [2.05, 4.69) is 26.2 Å². The third-order valence-corrected chi connectivity index (χ3v) is 3.20. The number of aromatic nitrogens is 1. The number of carbonyl (C=O) groups is 1. The smallest absolute Gasteiger partial charge is 0.258 e. The van der Waals surface area contributed by atoms with Crippen LogP contribution >= 0.6 is 27.5 Å². The lowest BCUT2D eigenvalue weighted by atomic mass is 10.1. The van der Waals surface area contributed by atoms with E-state index in [1.54, 1.807) is 24.4 Å². The second-order valence-electron chi connectivity index (χ2n) is 4.00. The summed E-state index contributed by atoms with van der Waals surface area (Å²) >= 11 is 9.11. The van der Waals surface area contributed by atoms with E-state index in [1.807, 2.05) is 13.0 Å². The number of hydrogen-bond donors (Lipinski definition) is 2. The summed E-state index contributed by atoms with van der Waals surface area (Å²) in [6, 6.07) is 6.61. The van der Waals surface area contributed by atoms with E-state index in [-0.39, 0.29) is 5.91 Å². The fraction of sp³-hybridized carbons (Fsp3) is 0.0769. The zero-order valence-corrected chi connectivity index (χ0v) is 12.4. The van der Waals surface area contributed by atoms with Gasteiger partial charge in [-0.1, -0.05) is 11.6 Å². The van der Waals surface area contributed by atoms with E-state index < -0.39 is 0 Å². The number of carbonyl (C=O) groups excluding carboxylic acids is 1. The van der Waals surface area contributed by atoms with Crippen molar-refractivity contribution in [2.75, 3.05) is 11.1 Å². The summed E-state index contributed by atoms with van der Waals surface area (Å²) in [7, 11) is 0. The molecule has 0 atom stereocenters. The number of aryl methyl sites for hydroxylation is 1. The normalized spacial score (nSPS) is 10.3. The van der Waals surface area contributed by atoms with Crippen LogP contribution in [0.3, 0.4) is 0 Å². The minimum Gasteiger partial charge on any atom is -0.398 e. The number of anilines is 2. The molecule has 0 saturated heterocycles. The van der Waals surface area contributed by atoms with Crippen molar-refractivity contribution in [2.45, 2.75) is 6.92 Å². The molecule has 1 aromatic carbocycles. The van der Waals surface area contributed by atoms with Crippen molar-refractivity contribution in [3.63, 3.8) is 0 Å². The van der Waals surface area contributed by atoms with Gasteiger partial charge in [0.05, 0.1) is 5.56 Å². The Kier molecular flexibility index (Phi) is 4.07. The summed E-state index contributed by atoms with van der Waals surface area (Å²) in [5, 5.41) is 3.21. The Balaban J connectivity index is 2.25. The largest absolute Gasteiger partial charge is 0.398 e. The maximum atomic E-state index is 12.1. The van der Waals surface area contributed by atoms with Gasteiger partial charge in [0.15, 0.2) is 0 Å². The van der Waals surface area contributed by atoms with Gasteiger partial charge in [-0.3, -0.25) is 4.79 Å². The molecule has 19 heavy (non-hydrogen) atoms. The van der Waals surface area contributed by atoms with Gasteiger partial charge in [-0.15, -0.1) is 0 Å². The molecule has 6 heteroatoms. The van der Waals surface area contributed by atoms with Crippen molar-refractivity contribution in [2.24, 2.45) is 0 Å².